The minimum Gasteiger partial charge on any atom is -0.271 e. The normalized spacial score (nSPS) is 12.7. The molecule has 0 radical (unpaired) electrons. The van der Waals surface area contributed by atoms with Crippen LogP contribution in [0.2, 0.25) is 10.0 Å². The van der Waals surface area contributed by atoms with Gasteiger partial charge in [0, 0.05) is 19.7 Å². The third-order valence-electron chi connectivity index (χ3n) is 3.22. The van der Waals surface area contributed by atoms with Crippen molar-refractivity contribution in [1.29, 1.82) is 0 Å². The number of aromatic nitrogens is 3. The van der Waals surface area contributed by atoms with Crippen molar-refractivity contribution >= 4 is 23.2 Å². The summed E-state index contributed by atoms with van der Waals surface area (Å²) in [4.78, 5) is 4.28. The molecule has 2 heterocycles. The van der Waals surface area contributed by atoms with Gasteiger partial charge in [-0.15, -0.1) is 0 Å². The Bertz CT molecular complexity index is 596. The Balaban J connectivity index is 2.32. The van der Waals surface area contributed by atoms with E-state index in [1.807, 2.05) is 14.0 Å². The van der Waals surface area contributed by atoms with Crippen LogP contribution >= 0.6 is 23.2 Å². The molecule has 0 saturated heterocycles. The highest BCUT2D eigenvalue weighted by Crippen LogP contribution is 2.27. The molecule has 0 aromatic carbocycles. The van der Waals surface area contributed by atoms with Crippen LogP contribution in [0.4, 0.5) is 0 Å². The minimum absolute atomic E-state index is 0.221. The van der Waals surface area contributed by atoms with Gasteiger partial charge in [-0.1, -0.05) is 30.1 Å². The Morgan fingerprint density at radius 1 is 1.45 bits per heavy atom. The van der Waals surface area contributed by atoms with Gasteiger partial charge in [-0.3, -0.25) is 20.9 Å². The largest absolute Gasteiger partial charge is 0.271 e. The first-order valence-electron chi connectivity index (χ1n) is 6.35. The van der Waals surface area contributed by atoms with Crippen LogP contribution in [-0.4, -0.2) is 14.8 Å². The molecule has 0 saturated carbocycles. The standard InChI is InChI=1S/C13H17Cl2N5/c1-3-9-12(15)11(20(2)19-9)7-10(18-16)13-8(14)5-4-6-17-13/h4-6,10,18H,3,7,16H2,1-2H3. The summed E-state index contributed by atoms with van der Waals surface area (Å²) in [6.07, 6.45) is 3.04. The van der Waals surface area contributed by atoms with Crippen LogP contribution in [0.5, 0.6) is 0 Å². The third-order valence-corrected chi connectivity index (χ3v) is 3.97. The molecule has 0 amide bonds. The molecule has 7 heteroatoms. The second-order valence-corrected chi connectivity index (χ2v) is 5.26. The third kappa shape index (κ3) is 2.96. The Labute approximate surface area is 128 Å². The van der Waals surface area contributed by atoms with E-state index in [9.17, 15) is 0 Å². The molecule has 3 N–H and O–H groups in total. The molecule has 2 aromatic rings. The topological polar surface area (TPSA) is 68.8 Å². The van der Waals surface area contributed by atoms with Crippen LogP contribution < -0.4 is 11.3 Å². The molecular weight excluding hydrogens is 297 g/mol. The number of hydrogen-bond acceptors (Lipinski definition) is 4. The van der Waals surface area contributed by atoms with Crippen LogP contribution in [0.1, 0.15) is 30.0 Å². The van der Waals surface area contributed by atoms with Gasteiger partial charge in [-0.2, -0.15) is 5.10 Å². The van der Waals surface area contributed by atoms with Gasteiger partial charge in [0.25, 0.3) is 0 Å². The van der Waals surface area contributed by atoms with Crippen molar-refractivity contribution in [3.8, 4) is 0 Å². The number of pyridine rings is 1. The summed E-state index contributed by atoms with van der Waals surface area (Å²) in [6, 6.07) is 3.35. The number of hydrogen-bond donors (Lipinski definition) is 2. The van der Waals surface area contributed by atoms with Crippen molar-refractivity contribution in [3.05, 3.63) is 45.5 Å². The Morgan fingerprint density at radius 3 is 2.75 bits per heavy atom. The van der Waals surface area contributed by atoms with Crippen molar-refractivity contribution in [2.24, 2.45) is 12.9 Å². The average Bonchev–Trinajstić information content (AvgIpc) is 2.72. The number of hydrazine groups is 1. The van der Waals surface area contributed by atoms with Crippen molar-refractivity contribution in [2.45, 2.75) is 25.8 Å². The predicted molar refractivity (Wildman–Crippen MR) is 80.6 cm³/mol. The number of nitrogens with one attached hydrogen (secondary N) is 1. The van der Waals surface area contributed by atoms with E-state index in [2.05, 4.69) is 15.5 Å². The fraction of sp³-hybridized carbons (Fsp3) is 0.385. The Morgan fingerprint density at radius 2 is 2.20 bits per heavy atom. The van der Waals surface area contributed by atoms with Gasteiger partial charge in [0.2, 0.25) is 0 Å². The van der Waals surface area contributed by atoms with Crippen LogP contribution in [0.25, 0.3) is 0 Å². The fourth-order valence-electron chi connectivity index (χ4n) is 2.12. The van der Waals surface area contributed by atoms with E-state index in [-0.39, 0.29) is 6.04 Å². The van der Waals surface area contributed by atoms with Crippen LogP contribution in [-0.2, 0) is 19.9 Å². The summed E-state index contributed by atoms with van der Waals surface area (Å²) in [5.74, 6) is 5.64. The molecule has 0 fully saturated rings. The van der Waals surface area contributed by atoms with E-state index in [0.717, 1.165) is 17.8 Å². The lowest BCUT2D eigenvalue weighted by molar-refractivity contribution is 0.518. The summed E-state index contributed by atoms with van der Waals surface area (Å²) >= 11 is 12.5. The smallest absolute Gasteiger partial charge is 0.0850 e. The van der Waals surface area contributed by atoms with E-state index in [0.29, 0.717) is 22.2 Å². The minimum atomic E-state index is -0.221. The van der Waals surface area contributed by atoms with E-state index in [1.54, 1.807) is 23.0 Å². The molecule has 1 unspecified atom stereocenters. The summed E-state index contributed by atoms with van der Waals surface area (Å²) in [6.45, 7) is 2.02. The molecule has 2 aromatic heterocycles. The van der Waals surface area contributed by atoms with E-state index in [4.69, 9.17) is 29.0 Å². The van der Waals surface area contributed by atoms with Crippen LogP contribution in [0.15, 0.2) is 18.3 Å². The quantitative estimate of drug-likeness (QED) is 0.657. The van der Waals surface area contributed by atoms with Crippen molar-refractivity contribution in [3.63, 3.8) is 0 Å². The highest BCUT2D eigenvalue weighted by molar-refractivity contribution is 6.32. The Kier molecular flexibility index (Phi) is 4.99. The SMILES string of the molecule is CCc1nn(C)c(CC(NN)c2ncccc2Cl)c1Cl. The maximum atomic E-state index is 6.35. The number of nitrogens with zero attached hydrogens (tertiary/aromatic N) is 3. The number of rotatable bonds is 5. The highest BCUT2D eigenvalue weighted by Gasteiger charge is 2.21. The van der Waals surface area contributed by atoms with Gasteiger partial charge < -0.3 is 0 Å². The molecule has 0 bridgehead atoms. The molecular formula is C13H17Cl2N5. The summed E-state index contributed by atoms with van der Waals surface area (Å²) < 4.78 is 1.78. The second-order valence-electron chi connectivity index (χ2n) is 4.48. The van der Waals surface area contributed by atoms with Crippen molar-refractivity contribution in [2.75, 3.05) is 0 Å². The zero-order chi connectivity index (χ0) is 14.7. The number of aryl methyl sites for hydroxylation is 2. The van der Waals surface area contributed by atoms with E-state index >= 15 is 0 Å². The maximum absolute atomic E-state index is 6.35. The maximum Gasteiger partial charge on any atom is 0.0850 e. The lowest BCUT2D eigenvalue weighted by atomic mass is 10.1. The number of halogens is 2. The van der Waals surface area contributed by atoms with Gasteiger partial charge in [0.1, 0.15) is 0 Å². The Hall–Kier alpha value is -1.14. The highest BCUT2D eigenvalue weighted by atomic mass is 35.5. The molecule has 0 spiro atoms. The first-order chi connectivity index (χ1) is 9.58. The van der Waals surface area contributed by atoms with Crippen LogP contribution in [0.3, 0.4) is 0 Å². The van der Waals surface area contributed by atoms with Gasteiger partial charge in [-0.25, -0.2) is 0 Å². The zero-order valence-corrected chi connectivity index (χ0v) is 12.9. The first kappa shape index (κ1) is 15.3. The lowest BCUT2D eigenvalue weighted by Crippen LogP contribution is -2.31. The monoisotopic (exact) mass is 313 g/mol. The molecule has 20 heavy (non-hydrogen) atoms. The summed E-state index contributed by atoms with van der Waals surface area (Å²) in [5, 5.41) is 5.65. The van der Waals surface area contributed by atoms with Gasteiger partial charge in [0.05, 0.1) is 33.2 Å². The summed E-state index contributed by atoms with van der Waals surface area (Å²) in [7, 11) is 1.87. The van der Waals surface area contributed by atoms with Gasteiger partial charge in [0.15, 0.2) is 0 Å². The predicted octanol–water partition coefficient (Wildman–Crippen LogP) is 2.43. The molecule has 108 valence electrons. The molecule has 0 aliphatic heterocycles. The molecule has 0 aliphatic carbocycles. The first-order valence-corrected chi connectivity index (χ1v) is 7.10. The van der Waals surface area contributed by atoms with Crippen molar-refractivity contribution < 1.29 is 0 Å². The molecule has 0 aliphatic rings. The zero-order valence-electron chi connectivity index (χ0n) is 11.4. The summed E-state index contributed by atoms with van der Waals surface area (Å²) in [5.41, 5.74) is 5.24. The lowest BCUT2D eigenvalue weighted by Gasteiger charge is -2.16. The molecule has 5 nitrogen and oxygen atoms in total. The fourth-order valence-corrected chi connectivity index (χ4v) is 2.75. The van der Waals surface area contributed by atoms with Gasteiger partial charge in [-0.05, 0) is 18.6 Å². The van der Waals surface area contributed by atoms with Gasteiger partial charge >= 0.3 is 0 Å². The van der Waals surface area contributed by atoms with E-state index in [1.165, 1.54) is 0 Å². The molecule has 1 atom stereocenters. The van der Waals surface area contributed by atoms with E-state index < -0.39 is 0 Å². The second kappa shape index (κ2) is 6.54. The molecule has 2 rings (SSSR count). The van der Waals surface area contributed by atoms with Crippen LogP contribution in [0, 0.1) is 0 Å². The number of nitrogens with two attached hydrogens (primary N) is 1. The average molecular weight is 314 g/mol. The van der Waals surface area contributed by atoms with Crippen molar-refractivity contribution in [1.82, 2.24) is 20.2 Å².